The highest BCUT2D eigenvalue weighted by atomic mass is 35.5. The molecule has 7 heteroatoms. The number of likely N-dealkylation sites (N-methyl/N-ethyl adjacent to an activating group) is 1. The fourth-order valence-corrected chi connectivity index (χ4v) is 3.25. The number of hydrogen-bond acceptors (Lipinski definition) is 3. The van der Waals surface area contributed by atoms with Gasteiger partial charge in [0.2, 0.25) is 15.9 Å². The van der Waals surface area contributed by atoms with Crippen LogP contribution in [-0.4, -0.2) is 39.1 Å². The molecule has 5 nitrogen and oxygen atoms in total. The predicted molar refractivity (Wildman–Crippen MR) is 96.6 cm³/mol. The van der Waals surface area contributed by atoms with E-state index in [-0.39, 0.29) is 12.5 Å². The SMILES string of the molecule is CN(Cc1ccccc1)C(=O)CN(c1cccc(Cl)c1)S(C)(=O)=O. The van der Waals surface area contributed by atoms with Crippen LogP contribution in [0.5, 0.6) is 0 Å². The van der Waals surface area contributed by atoms with Crippen LogP contribution in [0, 0.1) is 0 Å². The quantitative estimate of drug-likeness (QED) is 0.789. The number of anilines is 1. The number of carbonyl (C=O) groups is 1. The molecule has 0 saturated heterocycles. The van der Waals surface area contributed by atoms with Gasteiger partial charge in [0.05, 0.1) is 11.9 Å². The summed E-state index contributed by atoms with van der Waals surface area (Å²) < 4.78 is 25.2. The Morgan fingerprint density at radius 1 is 1.08 bits per heavy atom. The van der Waals surface area contributed by atoms with E-state index in [0.717, 1.165) is 16.1 Å². The standard InChI is InChI=1S/C17H19ClN2O3S/c1-19(12-14-7-4-3-5-8-14)17(21)13-20(24(2,22)23)16-10-6-9-15(18)11-16/h3-11H,12-13H2,1-2H3. The van der Waals surface area contributed by atoms with Gasteiger partial charge in [-0.25, -0.2) is 8.42 Å². The molecule has 0 unspecified atom stereocenters. The van der Waals surface area contributed by atoms with Gasteiger partial charge in [0.15, 0.2) is 0 Å². The van der Waals surface area contributed by atoms with Crippen LogP contribution in [0.2, 0.25) is 5.02 Å². The van der Waals surface area contributed by atoms with E-state index in [4.69, 9.17) is 11.6 Å². The molecule has 0 bridgehead atoms. The van der Waals surface area contributed by atoms with Gasteiger partial charge in [-0.05, 0) is 23.8 Å². The Kier molecular flexibility index (Phi) is 5.85. The third kappa shape index (κ3) is 4.97. The average molecular weight is 367 g/mol. The first-order valence-electron chi connectivity index (χ1n) is 7.28. The lowest BCUT2D eigenvalue weighted by molar-refractivity contribution is -0.128. The first kappa shape index (κ1) is 18.3. The highest BCUT2D eigenvalue weighted by molar-refractivity contribution is 7.92. The topological polar surface area (TPSA) is 57.7 Å². The maximum atomic E-state index is 12.4. The number of benzene rings is 2. The van der Waals surface area contributed by atoms with Gasteiger partial charge in [-0.2, -0.15) is 0 Å². The van der Waals surface area contributed by atoms with Crippen molar-refractivity contribution in [2.24, 2.45) is 0 Å². The van der Waals surface area contributed by atoms with Crippen molar-refractivity contribution < 1.29 is 13.2 Å². The third-order valence-corrected chi connectivity index (χ3v) is 4.84. The number of nitrogens with zero attached hydrogens (tertiary/aromatic N) is 2. The van der Waals surface area contributed by atoms with Crippen molar-refractivity contribution in [3.63, 3.8) is 0 Å². The van der Waals surface area contributed by atoms with Gasteiger partial charge < -0.3 is 4.90 Å². The van der Waals surface area contributed by atoms with Crippen molar-refractivity contribution in [3.05, 3.63) is 65.2 Å². The van der Waals surface area contributed by atoms with E-state index in [0.29, 0.717) is 17.3 Å². The summed E-state index contributed by atoms with van der Waals surface area (Å²) in [5, 5.41) is 0.409. The molecule has 2 aromatic rings. The van der Waals surface area contributed by atoms with Gasteiger partial charge in [0, 0.05) is 18.6 Å². The van der Waals surface area contributed by atoms with E-state index in [2.05, 4.69) is 0 Å². The molecular weight excluding hydrogens is 348 g/mol. The minimum absolute atomic E-state index is 0.275. The summed E-state index contributed by atoms with van der Waals surface area (Å²) in [5.74, 6) is -0.302. The smallest absolute Gasteiger partial charge is 0.243 e. The Hall–Kier alpha value is -2.05. The van der Waals surface area contributed by atoms with Crippen LogP contribution in [-0.2, 0) is 21.4 Å². The summed E-state index contributed by atoms with van der Waals surface area (Å²) in [6, 6.07) is 15.9. The number of rotatable bonds is 6. The molecule has 0 aliphatic carbocycles. The molecule has 0 N–H and O–H groups in total. The maximum Gasteiger partial charge on any atom is 0.243 e. The van der Waals surface area contributed by atoms with Gasteiger partial charge in [0.1, 0.15) is 6.54 Å². The molecule has 0 saturated carbocycles. The summed E-state index contributed by atoms with van der Waals surface area (Å²) in [7, 11) is -1.96. The first-order valence-corrected chi connectivity index (χ1v) is 9.51. The van der Waals surface area contributed by atoms with Crippen molar-refractivity contribution in [2.75, 3.05) is 24.2 Å². The minimum atomic E-state index is -3.61. The zero-order valence-corrected chi connectivity index (χ0v) is 15.1. The lowest BCUT2D eigenvalue weighted by Gasteiger charge is -2.25. The minimum Gasteiger partial charge on any atom is -0.340 e. The molecule has 0 aliphatic heterocycles. The fraction of sp³-hybridized carbons (Fsp3) is 0.235. The van der Waals surface area contributed by atoms with Gasteiger partial charge in [0.25, 0.3) is 0 Å². The molecule has 0 aliphatic rings. The number of hydrogen-bond donors (Lipinski definition) is 0. The van der Waals surface area contributed by atoms with Crippen LogP contribution in [0.4, 0.5) is 5.69 Å². The van der Waals surface area contributed by atoms with Crippen molar-refractivity contribution >= 4 is 33.2 Å². The van der Waals surface area contributed by atoms with Crippen LogP contribution in [0.15, 0.2) is 54.6 Å². The Morgan fingerprint density at radius 3 is 2.33 bits per heavy atom. The van der Waals surface area contributed by atoms with E-state index in [9.17, 15) is 13.2 Å². The second-order valence-corrected chi connectivity index (χ2v) is 7.83. The average Bonchev–Trinajstić information content (AvgIpc) is 2.52. The second kappa shape index (κ2) is 7.68. The number of carbonyl (C=O) groups excluding carboxylic acids is 1. The molecular formula is C17H19ClN2O3S. The molecule has 2 aromatic carbocycles. The van der Waals surface area contributed by atoms with Gasteiger partial charge in [-0.15, -0.1) is 0 Å². The van der Waals surface area contributed by atoms with Crippen LogP contribution >= 0.6 is 11.6 Å². The largest absolute Gasteiger partial charge is 0.340 e. The van der Waals surface area contributed by atoms with Gasteiger partial charge in [-0.3, -0.25) is 9.10 Å². The Morgan fingerprint density at radius 2 is 1.75 bits per heavy atom. The Labute approximate surface area is 147 Å². The fourth-order valence-electron chi connectivity index (χ4n) is 2.22. The van der Waals surface area contributed by atoms with Gasteiger partial charge >= 0.3 is 0 Å². The molecule has 1 amide bonds. The molecule has 0 atom stereocenters. The number of halogens is 1. The Bertz CT molecular complexity index is 810. The third-order valence-electron chi connectivity index (χ3n) is 3.46. The summed E-state index contributed by atoms with van der Waals surface area (Å²) in [6.45, 7) is 0.134. The lowest BCUT2D eigenvalue weighted by Crippen LogP contribution is -2.41. The van der Waals surface area contributed by atoms with Crippen LogP contribution in [0.3, 0.4) is 0 Å². The maximum absolute atomic E-state index is 12.4. The van der Waals surface area contributed by atoms with Crippen molar-refractivity contribution in [1.82, 2.24) is 4.90 Å². The molecule has 0 radical (unpaired) electrons. The van der Waals surface area contributed by atoms with Crippen molar-refractivity contribution in [3.8, 4) is 0 Å². The van der Waals surface area contributed by atoms with Crippen LogP contribution in [0.1, 0.15) is 5.56 Å². The first-order chi connectivity index (χ1) is 11.3. The molecule has 0 spiro atoms. The van der Waals surface area contributed by atoms with E-state index < -0.39 is 10.0 Å². The number of amides is 1. The van der Waals surface area contributed by atoms with E-state index in [1.54, 1.807) is 25.2 Å². The molecule has 0 aromatic heterocycles. The molecule has 2 rings (SSSR count). The predicted octanol–water partition coefficient (Wildman–Crippen LogP) is 2.76. The van der Waals surface area contributed by atoms with E-state index in [1.807, 2.05) is 30.3 Å². The number of sulfonamides is 1. The monoisotopic (exact) mass is 366 g/mol. The van der Waals surface area contributed by atoms with Crippen molar-refractivity contribution in [1.29, 1.82) is 0 Å². The zero-order chi connectivity index (χ0) is 17.7. The van der Waals surface area contributed by atoms with E-state index >= 15 is 0 Å². The highest BCUT2D eigenvalue weighted by Gasteiger charge is 2.22. The van der Waals surface area contributed by atoms with E-state index in [1.165, 1.54) is 11.0 Å². The summed E-state index contributed by atoms with van der Waals surface area (Å²) >= 11 is 5.93. The highest BCUT2D eigenvalue weighted by Crippen LogP contribution is 2.21. The normalized spacial score (nSPS) is 11.1. The summed E-state index contributed by atoms with van der Waals surface area (Å²) in [4.78, 5) is 13.9. The lowest BCUT2D eigenvalue weighted by atomic mass is 10.2. The van der Waals surface area contributed by atoms with Crippen molar-refractivity contribution in [2.45, 2.75) is 6.54 Å². The zero-order valence-electron chi connectivity index (χ0n) is 13.5. The Balaban J connectivity index is 2.16. The molecule has 24 heavy (non-hydrogen) atoms. The molecule has 0 fully saturated rings. The molecule has 128 valence electrons. The van der Waals surface area contributed by atoms with Gasteiger partial charge in [-0.1, -0.05) is 48.0 Å². The second-order valence-electron chi connectivity index (χ2n) is 5.48. The summed E-state index contributed by atoms with van der Waals surface area (Å²) in [5.41, 5.74) is 1.34. The van der Waals surface area contributed by atoms with Crippen LogP contribution < -0.4 is 4.31 Å². The van der Waals surface area contributed by atoms with Crippen LogP contribution in [0.25, 0.3) is 0 Å². The summed E-state index contributed by atoms with van der Waals surface area (Å²) in [6.07, 6.45) is 1.07. The molecule has 0 heterocycles.